The number of benzene rings is 1. The first kappa shape index (κ1) is 12.9. The third-order valence-electron chi connectivity index (χ3n) is 4.00. The van der Waals surface area contributed by atoms with Crippen LogP contribution >= 0.6 is 12.2 Å². The number of aromatic amines is 1. The molecule has 1 unspecified atom stereocenters. The van der Waals surface area contributed by atoms with Crippen molar-refractivity contribution in [3.8, 4) is 0 Å². The molecule has 1 fully saturated rings. The number of imidazole rings is 1. The summed E-state index contributed by atoms with van der Waals surface area (Å²) in [5, 5.41) is 0. The molecule has 0 aliphatic carbocycles. The molecule has 0 saturated carbocycles. The standard InChI is InChI=1S/C15H20N2OS/c1-10-5-4-6-12-13(10)16-14(19)17(12)11-7-8-18-15(2,3)9-11/h4-6,11H,7-9H2,1-3H3,(H,16,19). The van der Waals surface area contributed by atoms with Crippen LogP contribution < -0.4 is 0 Å². The van der Waals surface area contributed by atoms with Gasteiger partial charge in [-0.2, -0.15) is 0 Å². The molecule has 19 heavy (non-hydrogen) atoms. The molecule has 1 aliphatic rings. The minimum atomic E-state index is -0.0644. The Kier molecular flexibility index (Phi) is 3.02. The number of aryl methyl sites for hydroxylation is 1. The number of aromatic nitrogens is 2. The Labute approximate surface area is 118 Å². The van der Waals surface area contributed by atoms with Crippen LogP contribution in [0.25, 0.3) is 11.0 Å². The molecule has 0 spiro atoms. The number of ether oxygens (including phenoxy) is 1. The number of nitrogens with zero attached hydrogens (tertiary/aromatic N) is 1. The Hall–Kier alpha value is -1.13. The van der Waals surface area contributed by atoms with Gasteiger partial charge >= 0.3 is 0 Å². The molecule has 1 aromatic carbocycles. The number of para-hydroxylation sites is 1. The maximum atomic E-state index is 5.81. The highest BCUT2D eigenvalue weighted by Gasteiger charge is 2.30. The normalized spacial score (nSPS) is 22.8. The molecule has 3 nitrogen and oxygen atoms in total. The van der Waals surface area contributed by atoms with E-state index in [1.807, 2.05) is 0 Å². The van der Waals surface area contributed by atoms with E-state index in [9.17, 15) is 0 Å². The van der Waals surface area contributed by atoms with E-state index in [0.717, 1.165) is 29.7 Å². The monoisotopic (exact) mass is 276 g/mol. The van der Waals surface area contributed by atoms with Crippen LogP contribution in [0.3, 0.4) is 0 Å². The third kappa shape index (κ3) is 2.23. The lowest BCUT2D eigenvalue weighted by Crippen LogP contribution is -2.35. The van der Waals surface area contributed by atoms with Crippen LogP contribution in [0, 0.1) is 11.7 Å². The van der Waals surface area contributed by atoms with Crippen molar-refractivity contribution in [1.29, 1.82) is 0 Å². The lowest BCUT2D eigenvalue weighted by Gasteiger charge is -2.36. The number of hydrogen-bond donors (Lipinski definition) is 1. The van der Waals surface area contributed by atoms with Gasteiger partial charge in [-0.25, -0.2) is 0 Å². The summed E-state index contributed by atoms with van der Waals surface area (Å²) < 4.78 is 8.92. The topological polar surface area (TPSA) is 29.9 Å². The summed E-state index contributed by atoms with van der Waals surface area (Å²) in [5.74, 6) is 0. The largest absolute Gasteiger partial charge is 0.375 e. The first-order valence-electron chi connectivity index (χ1n) is 6.82. The molecule has 0 bridgehead atoms. The number of nitrogens with one attached hydrogen (secondary N) is 1. The highest BCUT2D eigenvalue weighted by Crippen LogP contribution is 2.34. The minimum Gasteiger partial charge on any atom is -0.375 e. The van der Waals surface area contributed by atoms with E-state index in [4.69, 9.17) is 17.0 Å². The van der Waals surface area contributed by atoms with E-state index in [-0.39, 0.29) is 5.60 Å². The smallest absolute Gasteiger partial charge is 0.178 e. The van der Waals surface area contributed by atoms with Gasteiger partial charge in [0.25, 0.3) is 0 Å². The highest BCUT2D eigenvalue weighted by atomic mass is 32.1. The molecule has 2 aromatic rings. The molecule has 0 radical (unpaired) electrons. The van der Waals surface area contributed by atoms with Gasteiger partial charge in [0.2, 0.25) is 0 Å². The second-order valence-corrected chi connectivity index (χ2v) is 6.41. The van der Waals surface area contributed by atoms with Crippen molar-refractivity contribution in [3.63, 3.8) is 0 Å². The van der Waals surface area contributed by atoms with Gasteiger partial charge in [0, 0.05) is 12.6 Å². The van der Waals surface area contributed by atoms with Crippen LogP contribution in [0.4, 0.5) is 0 Å². The summed E-state index contributed by atoms with van der Waals surface area (Å²) in [6.45, 7) is 7.23. The van der Waals surface area contributed by atoms with Crippen LogP contribution in [0.15, 0.2) is 18.2 Å². The van der Waals surface area contributed by atoms with Gasteiger partial charge in [0.15, 0.2) is 4.77 Å². The van der Waals surface area contributed by atoms with Crippen molar-refractivity contribution < 1.29 is 4.74 Å². The number of rotatable bonds is 1. The van der Waals surface area contributed by atoms with E-state index in [2.05, 4.69) is 48.5 Å². The summed E-state index contributed by atoms with van der Waals surface area (Å²) in [7, 11) is 0. The van der Waals surface area contributed by atoms with Gasteiger partial charge in [-0.15, -0.1) is 0 Å². The lowest BCUT2D eigenvalue weighted by molar-refractivity contribution is -0.0687. The number of hydrogen-bond acceptors (Lipinski definition) is 2. The Morgan fingerprint density at radius 1 is 1.42 bits per heavy atom. The summed E-state index contributed by atoms with van der Waals surface area (Å²) in [4.78, 5) is 3.36. The molecule has 1 atom stereocenters. The van der Waals surface area contributed by atoms with Gasteiger partial charge < -0.3 is 14.3 Å². The SMILES string of the molecule is Cc1cccc2c1[nH]c(=S)n2C1CCOC(C)(C)C1. The fourth-order valence-electron chi connectivity index (χ4n) is 3.07. The van der Waals surface area contributed by atoms with E-state index >= 15 is 0 Å². The van der Waals surface area contributed by atoms with E-state index in [1.165, 1.54) is 11.1 Å². The second kappa shape index (κ2) is 4.46. The predicted molar refractivity (Wildman–Crippen MR) is 80.2 cm³/mol. The third-order valence-corrected chi connectivity index (χ3v) is 4.30. The second-order valence-electron chi connectivity index (χ2n) is 6.02. The zero-order valence-electron chi connectivity index (χ0n) is 11.7. The van der Waals surface area contributed by atoms with Crippen molar-refractivity contribution in [3.05, 3.63) is 28.5 Å². The molecular weight excluding hydrogens is 256 g/mol. The molecule has 1 saturated heterocycles. The molecule has 1 aliphatic heterocycles. The summed E-state index contributed by atoms with van der Waals surface area (Å²) in [6.07, 6.45) is 2.03. The van der Waals surface area contributed by atoms with Gasteiger partial charge in [-0.3, -0.25) is 0 Å². The van der Waals surface area contributed by atoms with E-state index in [1.54, 1.807) is 0 Å². The maximum Gasteiger partial charge on any atom is 0.178 e. The highest BCUT2D eigenvalue weighted by molar-refractivity contribution is 7.71. The molecule has 1 N–H and O–H groups in total. The Morgan fingerprint density at radius 2 is 2.21 bits per heavy atom. The maximum absolute atomic E-state index is 5.81. The van der Waals surface area contributed by atoms with Crippen LogP contribution in [0.5, 0.6) is 0 Å². The summed E-state index contributed by atoms with van der Waals surface area (Å²) in [5.41, 5.74) is 3.56. The lowest BCUT2D eigenvalue weighted by atomic mass is 9.93. The van der Waals surface area contributed by atoms with Crippen molar-refractivity contribution in [1.82, 2.24) is 9.55 Å². The fourth-order valence-corrected chi connectivity index (χ4v) is 3.42. The van der Waals surface area contributed by atoms with E-state index in [0.29, 0.717) is 6.04 Å². The Balaban J connectivity index is 2.12. The minimum absolute atomic E-state index is 0.0644. The predicted octanol–water partition coefficient (Wildman–Crippen LogP) is 4.14. The fraction of sp³-hybridized carbons (Fsp3) is 0.533. The number of H-pyrrole nitrogens is 1. The molecule has 1 aromatic heterocycles. The average Bonchev–Trinajstić information content (AvgIpc) is 2.66. The summed E-state index contributed by atoms with van der Waals surface area (Å²) >= 11 is 5.53. The van der Waals surface area contributed by atoms with Gasteiger partial charge in [-0.1, -0.05) is 12.1 Å². The molecule has 0 amide bonds. The van der Waals surface area contributed by atoms with Crippen LogP contribution in [0.2, 0.25) is 0 Å². The van der Waals surface area contributed by atoms with Crippen molar-refractivity contribution in [2.75, 3.05) is 6.61 Å². The first-order valence-corrected chi connectivity index (χ1v) is 7.22. The van der Waals surface area contributed by atoms with Crippen molar-refractivity contribution >= 4 is 23.3 Å². The molecule has 3 rings (SSSR count). The van der Waals surface area contributed by atoms with Gasteiger partial charge in [0.1, 0.15) is 0 Å². The van der Waals surface area contributed by atoms with Crippen LogP contribution in [0.1, 0.15) is 38.3 Å². The average molecular weight is 276 g/mol. The van der Waals surface area contributed by atoms with Crippen LogP contribution in [-0.2, 0) is 4.74 Å². The van der Waals surface area contributed by atoms with Crippen LogP contribution in [-0.4, -0.2) is 21.8 Å². The Morgan fingerprint density at radius 3 is 2.95 bits per heavy atom. The van der Waals surface area contributed by atoms with Crippen molar-refractivity contribution in [2.24, 2.45) is 0 Å². The molecule has 4 heteroatoms. The first-order chi connectivity index (χ1) is 8.98. The summed E-state index contributed by atoms with van der Waals surface area (Å²) in [6, 6.07) is 6.79. The molecule has 102 valence electrons. The molecule has 2 heterocycles. The van der Waals surface area contributed by atoms with Gasteiger partial charge in [0.05, 0.1) is 16.6 Å². The number of fused-ring (bicyclic) bond motifs is 1. The Bertz CT molecular complexity index is 668. The molecular formula is C15H20N2OS. The zero-order chi connectivity index (χ0) is 13.6. The van der Waals surface area contributed by atoms with Crippen molar-refractivity contribution in [2.45, 2.75) is 45.3 Å². The van der Waals surface area contributed by atoms with Gasteiger partial charge in [-0.05, 0) is 57.5 Å². The quantitative estimate of drug-likeness (QED) is 0.793. The zero-order valence-corrected chi connectivity index (χ0v) is 12.5. The van der Waals surface area contributed by atoms with E-state index < -0.39 is 0 Å².